The highest BCUT2D eigenvalue weighted by molar-refractivity contribution is 7.64. The normalized spacial score (nSPS) is 12.2. The molecular formula is C8H16Cl3NSi. The second-order valence-electron chi connectivity index (χ2n) is 3.41. The molecule has 0 rings (SSSR count). The molecule has 0 radical (unpaired) electrons. The minimum atomic E-state index is -2.40. The predicted molar refractivity (Wildman–Crippen MR) is 65.0 cm³/mol. The Labute approximate surface area is 95.8 Å². The van der Waals surface area contributed by atoms with Crippen molar-refractivity contribution in [2.75, 3.05) is 20.1 Å². The van der Waals surface area contributed by atoms with Crippen molar-refractivity contribution in [3.63, 3.8) is 0 Å². The van der Waals surface area contributed by atoms with E-state index in [1.54, 1.807) is 0 Å². The van der Waals surface area contributed by atoms with E-state index < -0.39 is 6.00 Å². The molecule has 0 atom stereocenters. The van der Waals surface area contributed by atoms with Crippen LogP contribution in [0.5, 0.6) is 0 Å². The van der Waals surface area contributed by atoms with E-state index in [4.69, 9.17) is 33.2 Å². The molecule has 0 saturated carbocycles. The third-order valence-corrected chi connectivity index (χ3v) is 4.16. The number of hydrogen-bond acceptors (Lipinski definition) is 1. The van der Waals surface area contributed by atoms with Crippen LogP contribution in [0.2, 0.25) is 6.04 Å². The van der Waals surface area contributed by atoms with Crippen molar-refractivity contribution in [1.82, 2.24) is 4.90 Å². The molecule has 0 aromatic carbocycles. The summed E-state index contributed by atoms with van der Waals surface area (Å²) in [6, 6.07) is -1.66. The Morgan fingerprint density at radius 3 is 2.31 bits per heavy atom. The largest absolute Gasteiger partial charge is 0.341 e. The van der Waals surface area contributed by atoms with Crippen molar-refractivity contribution in [2.45, 2.75) is 19.4 Å². The Balaban J connectivity index is 3.48. The number of halogens is 3. The molecule has 78 valence electrons. The first-order valence-electron chi connectivity index (χ1n) is 4.21. The summed E-state index contributed by atoms with van der Waals surface area (Å²) < 4.78 is 0. The van der Waals surface area contributed by atoms with Gasteiger partial charge >= 0.3 is 6.00 Å². The second-order valence-corrected chi connectivity index (χ2v) is 12.7. The van der Waals surface area contributed by atoms with Crippen LogP contribution in [0.4, 0.5) is 0 Å². The van der Waals surface area contributed by atoms with Crippen LogP contribution in [-0.2, 0) is 0 Å². The van der Waals surface area contributed by atoms with E-state index in [2.05, 4.69) is 18.5 Å². The molecular weight excluding hydrogens is 245 g/mol. The van der Waals surface area contributed by atoms with Crippen molar-refractivity contribution in [2.24, 2.45) is 0 Å². The summed E-state index contributed by atoms with van der Waals surface area (Å²) in [5.41, 5.74) is 1.16. The van der Waals surface area contributed by atoms with Crippen LogP contribution >= 0.6 is 33.2 Å². The number of rotatable bonds is 6. The van der Waals surface area contributed by atoms with Gasteiger partial charge in [-0.2, -0.15) is 0 Å². The van der Waals surface area contributed by atoms with E-state index in [0.717, 1.165) is 31.1 Å². The predicted octanol–water partition coefficient (Wildman–Crippen LogP) is 3.54. The first-order valence-corrected chi connectivity index (χ1v) is 9.45. The van der Waals surface area contributed by atoms with Crippen LogP contribution in [0, 0.1) is 0 Å². The molecule has 0 spiro atoms. The maximum atomic E-state index is 5.76. The van der Waals surface area contributed by atoms with Gasteiger partial charge in [-0.3, -0.25) is 0 Å². The fraction of sp³-hybridized carbons (Fsp3) is 0.750. The third-order valence-electron chi connectivity index (χ3n) is 1.54. The van der Waals surface area contributed by atoms with Crippen molar-refractivity contribution in [3.05, 3.63) is 12.2 Å². The number of likely N-dealkylation sites (N-methyl/N-ethyl adjacent to an activating group) is 1. The first kappa shape index (κ1) is 13.8. The van der Waals surface area contributed by atoms with Gasteiger partial charge in [0.05, 0.1) is 0 Å². The standard InChI is InChI=1S/C8H16Cl3NSi/c1-8(2)7-12(3)5-4-6-13(9,10)11/h1,4-7H2,2-3H3. The summed E-state index contributed by atoms with van der Waals surface area (Å²) in [5, 5.41) is 0. The molecule has 1 nitrogen and oxygen atoms in total. The van der Waals surface area contributed by atoms with Gasteiger partial charge in [0.15, 0.2) is 0 Å². The molecule has 0 aliphatic heterocycles. The molecule has 0 aliphatic carbocycles. The van der Waals surface area contributed by atoms with Crippen LogP contribution in [0.1, 0.15) is 13.3 Å². The van der Waals surface area contributed by atoms with Gasteiger partial charge < -0.3 is 4.90 Å². The Morgan fingerprint density at radius 1 is 1.38 bits per heavy atom. The molecule has 0 aliphatic rings. The summed E-state index contributed by atoms with van der Waals surface area (Å²) in [7, 11) is 2.05. The quantitative estimate of drug-likeness (QED) is 0.401. The monoisotopic (exact) mass is 259 g/mol. The van der Waals surface area contributed by atoms with E-state index in [9.17, 15) is 0 Å². The summed E-state index contributed by atoms with van der Waals surface area (Å²) in [5.74, 6) is 0. The van der Waals surface area contributed by atoms with Gasteiger partial charge in [0.2, 0.25) is 0 Å². The lowest BCUT2D eigenvalue weighted by Gasteiger charge is -2.17. The van der Waals surface area contributed by atoms with Gasteiger partial charge in [-0.15, -0.1) is 33.2 Å². The van der Waals surface area contributed by atoms with E-state index >= 15 is 0 Å². The zero-order valence-corrected chi connectivity index (χ0v) is 11.4. The highest BCUT2D eigenvalue weighted by Gasteiger charge is 2.23. The molecule has 0 fully saturated rings. The van der Waals surface area contributed by atoms with Crippen molar-refractivity contribution >= 4 is 39.2 Å². The highest BCUT2D eigenvalue weighted by Crippen LogP contribution is 2.26. The van der Waals surface area contributed by atoms with Gasteiger partial charge in [0.1, 0.15) is 0 Å². The third kappa shape index (κ3) is 10.7. The molecule has 0 aromatic rings. The zero-order chi connectivity index (χ0) is 10.5. The Kier molecular flexibility index (Phi) is 6.69. The van der Waals surface area contributed by atoms with Crippen LogP contribution in [0.25, 0.3) is 0 Å². The van der Waals surface area contributed by atoms with Gasteiger partial charge in [-0.05, 0) is 33.0 Å². The molecule has 0 unspecified atom stereocenters. The molecule has 0 heterocycles. The lowest BCUT2D eigenvalue weighted by Crippen LogP contribution is -2.23. The summed E-state index contributed by atoms with van der Waals surface area (Å²) in [6.07, 6.45) is 0.951. The van der Waals surface area contributed by atoms with Gasteiger partial charge in [0, 0.05) is 6.54 Å². The molecule has 0 aromatic heterocycles. The second kappa shape index (κ2) is 6.30. The molecule has 13 heavy (non-hydrogen) atoms. The van der Waals surface area contributed by atoms with Crippen molar-refractivity contribution in [1.29, 1.82) is 0 Å². The Morgan fingerprint density at radius 2 is 1.92 bits per heavy atom. The SMILES string of the molecule is C=C(C)CN(C)CCC[Si](Cl)(Cl)Cl. The molecule has 0 bridgehead atoms. The van der Waals surface area contributed by atoms with Crippen molar-refractivity contribution in [3.8, 4) is 0 Å². The number of hydrogen-bond donors (Lipinski definition) is 0. The fourth-order valence-electron chi connectivity index (χ4n) is 1.09. The van der Waals surface area contributed by atoms with Gasteiger partial charge in [-0.1, -0.05) is 12.2 Å². The van der Waals surface area contributed by atoms with Crippen LogP contribution in [0.15, 0.2) is 12.2 Å². The maximum Gasteiger partial charge on any atom is 0.341 e. The Bertz CT molecular complexity index is 167. The lowest BCUT2D eigenvalue weighted by molar-refractivity contribution is 0.363. The molecule has 0 saturated heterocycles. The van der Waals surface area contributed by atoms with Crippen LogP contribution in [0.3, 0.4) is 0 Å². The fourth-order valence-corrected chi connectivity index (χ4v) is 2.85. The maximum absolute atomic E-state index is 5.76. The minimum absolute atomic E-state index is 0.734. The van der Waals surface area contributed by atoms with Gasteiger partial charge in [0.25, 0.3) is 0 Å². The minimum Gasteiger partial charge on any atom is -0.302 e. The summed E-state index contributed by atoms with van der Waals surface area (Å²) >= 11 is 17.3. The zero-order valence-electron chi connectivity index (χ0n) is 8.12. The lowest BCUT2D eigenvalue weighted by atomic mass is 10.3. The average Bonchev–Trinajstić information content (AvgIpc) is 1.81. The van der Waals surface area contributed by atoms with Gasteiger partial charge in [-0.25, -0.2) is 0 Å². The van der Waals surface area contributed by atoms with E-state index in [1.165, 1.54) is 0 Å². The van der Waals surface area contributed by atoms with E-state index in [0.29, 0.717) is 0 Å². The number of nitrogens with zero attached hydrogens (tertiary/aromatic N) is 1. The van der Waals surface area contributed by atoms with E-state index in [-0.39, 0.29) is 0 Å². The first-order chi connectivity index (χ1) is 5.81. The Hall–Kier alpha value is 0.787. The highest BCUT2D eigenvalue weighted by atomic mass is 35.8. The van der Waals surface area contributed by atoms with Crippen molar-refractivity contribution < 1.29 is 0 Å². The molecule has 0 amide bonds. The van der Waals surface area contributed by atoms with Crippen LogP contribution in [-0.4, -0.2) is 31.0 Å². The average molecular weight is 261 g/mol. The summed E-state index contributed by atoms with van der Waals surface area (Å²) in [6.45, 7) is 7.74. The smallest absolute Gasteiger partial charge is 0.302 e. The molecule has 5 heteroatoms. The van der Waals surface area contributed by atoms with E-state index in [1.807, 2.05) is 6.92 Å². The topological polar surface area (TPSA) is 3.24 Å². The van der Waals surface area contributed by atoms with Crippen LogP contribution < -0.4 is 0 Å². The summed E-state index contributed by atoms with van der Waals surface area (Å²) in [4.78, 5) is 2.19. The molecule has 0 N–H and O–H groups in total.